The highest BCUT2D eigenvalue weighted by Crippen LogP contribution is 2.23. The predicted octanol–water partition coefficient (Wildman–Crippen LogP) is 8.75. The number of unbranched alkanes of at least 4 members (excludes halogenated alkanes) is 14. The molecule has 0 aliphatic heterocycles. The van der Waals surface area contributed by atoms with E-state index in [-0.39, 0.29) is 4.90 Å². The van der Waals surface area contributed by atoms with Crippen molar-refractivity contribution in [1.29, 1.82) is 0 Å². The summed E-state index contributed by atoms with van der Waals surface area (Å²) in [6, 6.07) is 14.8. The highest BCUT2D eigenvalue weighted by molar-refractivity contribution is 7.85. The van der Waals surface area contributed by atoms with Gasteiger partial charge in [0.2, 0.25) is 0 Å². The lowest BCUT2D eigenvalue weighted by Gasteiger charge is -2.10. The molecule has 0 amide bonds. The van der Waals surface area contributed by atoms with Crippen LogP contribution in [0, 0.1) is 0 Å². The lowest BCUT2D eigenvalue weighted by molar-refractivity contribution is 0.483. The van der Waals surface area contributed by atoms with Crippen LogP contribution < -0.4 is 0 Å². The minimum atomic E-state index is -4.26. The molecule has 0 aliphatic rings. The third-order valence-electron chi connectivity index (χ3n) is 7.28. The lowest BCUT2D eigenvalue weighted by Crippen LogP contribution is -2.06. The number of benzene rings is 2. The molecule has 204 valence electrons. The third-order valence-corrected chi connectivity index (χ3v) is 8.13. The zero-order valence-electron chi connectivity index (χ0n) is 22.7. The summed E-state index contributed by atoms with van der Waals surface area (Å²) >= 11 is 0. The summed E-state index contributed by atoms with van der Waals surface area (Å²) in [4.78, 5) is 4.73. The SMILES string of the molecule is CCCCCCCCCCCCCCCCCc1nc2ccc(S(=O)(=O)O)cc2n1Cc1ccccc1. The van der Waals surface area contributed by atoms with Crippen molar-refractivity contribution in [2.45, 2.75) is 121 Å². The average molecular weight is 527 g/mol. The molecular weight excluding hydrogens is 480 g/mol. The Balaban J connectivity index is 1.41. The van der Waals surface area contributed by atoms with E-state index in [0.717, 1.165) is 35.3 Å². The number of nitrogens with zero attached hydrogens (tertiary/aromatic N) is 2. The molecule has 6 heteroatoms. The molecule has 37 heavy (non-hydrogen) atoms. The quantitative estimate of drug-likeness (QED) is 0.125. The molecule has 0 unspecified atom stereocenters. The van der Waals surface area contributed by atoms with Gasteiger partial charge in [-0.3, -0.25) is 4.55 Å². The second-order valence-electron chi connectivity index (χ2n) is 10.4. The zero-order valence-corrected chi connectivity index (χ0v) is 23.5. The molecular formula is C31H46N2O3S. The van der Waals surface area contributed by atoms with Crippen molar-refractivity contribution in [3.05, 3.63) is 59.9 Å². The Morgan fingerprint density at radius 3 is 1.81 bits per heavy atom. The number of hydrogen-bond acceptors (Lipinski definition) is 3. The van der Waals surface area contributed by atoms with E-state index in [4.69, 9.17) is 4.98 Å². The zero-order chi connectivity index (χ0) is 26.3. The highest BCUT2D eigenvalue weighted by Gasteiger charge is 2.16. The van der Waals surface area contributed by atoms with Crippen LogP contribution in [0.5, 0.6) is 0 Å². The van der Waals surface area contributed by atoms with Gasteiger partial charge in [0, 0.05) is 13.0 Å². The topological polar surface area (TPSA) is 72.2 Å². The molecule has 0 saturated heterocycles. The van der Waals surface area contributed by atoms with Crippen LogP contribution in [-0.4, -0.2) is 22.5 Å². The van der Waals surface area contributed by atoms with E-state index in [2.05, 4.69) is 23.6 Å². The fraction of sp³-hybridized carbons (Fsp3) is 0.581. The maximum atomic E-state index is 11.7. The van der Waals surface area contributed by atoms with Crippen LogP contribution in [0.3, 0.4) is 0 Å². The van der Waals surface area contributed by atoms with Gasteiger partial charge in [-0.05, 0) is 30.2 Å². The van der Waals surface area contributed by atoms with E-state index < -0.39 is 10.1 Å². The molecule has 0 bridgehead atoms. The number of hydrogen-bond donors (Lipinski definition) is 1. The van der Waals surface area contributed by atoms with Gasteiger partial charge in [-0.2, -0.15) is 8.42 Å². The lowest BCUT2D eigenvalue weighted by atomic mass is 10.0. The molecule has 0 radical (unpaired) electrons. The van der Waals surface area contributed by atoms with E-state index in [0.29, 0.717) is 6.54 Å². The molecule has 3 rings (SSSR count). The van der Waals surface area contributed by atoms with Crippen LogP contribution in [0.1, 0.15) is 115 Å². The Kier molecular flexibility index (Phi) is 12.6. The summed E-state index contributed by atoms with van der Waals surface area (Å²) in [5.41, 5.74) is 2.64. The van der Waals surface area contributed by atoms with Crippen LogP contribution in [0.2, 0.25) is 0 Å². The smallest absolute Gasteiger partial charge is 0.294 e. The number of fused-ring (bicyclic) bond motifs is 1. The molecule has 1 aromatic heterocycles. The first-order valence-corrected chi connectivity index (χ1v) is 15.9. The van der Waals surface area contributed by atoms with Crippen LogP contribution >= 0.6 is 0 Å². The molecule has 0 saturated carbocycles. The molecule has 0 fully saturated rings. The second-order valence-corrected chi connectivity index (χ2v) is 11.8. The second kappa shape index (κ2) is 15.9. The van der Waals surface area contributed by atoms with E-state index in [1.807, 2.05) is 18.2 Å². The Morgan fingerprint density at radius 2 is 1.27 bits per heavy atom. The predicted molar refractivity (Wildman–Crippen MR) is 154 cm³/mol. The van der Waals surface area contributed by atoms with Crippen LogP contribution in [-0.2, 0) is 23.1 Å². The maximum Gasteiger partial charge on any atom is 0.294 e. The summed E-state index contributed by atoms with van der Waals surface area (Å²) in [6.45, 7) is 2.90. The van der Waals surface area contributed by atoms with Gasteiger partial charge >= 0.3 is 0 Å². The number of imidazole rings is 1. The van der Waals surface area contributed by atoms with E-state index in [9.17, 15) is 13.0 Å². The number of aromatic nitrogens is 2. The minimum absolute atomic E-state index is 0.0901. The monoisotopic (exact) mass is 526 g/mol. The Labute approximate surface area is 224 Å². The average Bonchev–Trinajstić information content (AvgIpc) is 3.23. The highest BCUT2D eigenvalue weighted by atomic mass is 32.2. The third kappa shape index (κ3) is 10.2. The van der Waals surface area contributed by atoms with Gasteiger partial charge in [-0.1, -0.05) is 127 Å². The number of rotatable bonds is 19. The fourth-order valence-corrected chi connectivity index (χ4v) is 5.60. The van der Waals surface area contributed by atoms with Gasteiger partial charge in [0.25, 0.3) is 10.1 Å². The van der Waals surface area contributed by atoms with Crippen LogP contribution in [0.25, 0.3) is 11.0 Å². The van der Waals surface area contributed by atoms with Crippen molar-refractivity contribution in [1.82, 2.24) is 9.55 Å². The van der Waals surface area contributed by atoms with Gasteiger partial charge in [0.1, 0.15) is 5.82 Å². The Hall–Kier alpha value is -2.18. The summed E-state index contributed by atoms with van der Waals surface area (Å²) in [6.07, 6.45) is 20.9. The van der Waals surface area contributed by atoms with Gasteiger partial charge < -0.3 is 4.57 Å². The summed E-state index contributed by atoms with van der Waals surface area (Å²) < 4.78 is 35.0. The maximum absolute atomic E-state index is 11.7. The Morgan fingerprint density at radius 1 is 0.730 bits per heavy atom. The molecule has 1 N–H and O–H groups in total. The summed E-state index contributed by atoms with van der Waals surface area (Å²) in [7, 11) is -4.26. The Bertz CT molecular complexity index is 1160. The van der Waals surface area contributed by atoms with Crippen molar-refractivity contribution in [2.75, 3.05) is 0 Å². The van der Waals surface area contributed by atoms with E-state index >= 15 is 0 Å². The van der Waals surface area contributed by atoms with E-state index in [1.54, 1.807) is 6.07 Å². The molecule has 0 aliphatic carbocycles. The van der Waals surface area contributed by atoms with Crippen molar-refractivity contribution in [3.63, 3.8) is 0 Å². The largest absolute Gasteiger partial charge is 0.323 e. The van der Waals surface area contributed by atoms with Gasteiger partial charge in [0.15, 0.2) is 0 Å². The molecule has 2 aromatic carbocycles. The molecule has 5 nitrogen and oxygen atoms in total. The van der Waals surface area contributed by atoms with E-state index in [1.165, 1.54) is 102 Å². The standard InChI is InChI=1S/C31H46N2O3S/c1-2-3-4-5-6-7-8-9-10-11-12-13-14-15-19-22-31-32-29-24-23-28(37(34,35)36)25-30(29)33(31)26-27-20-17-16-18-21-27/h16-18,20-21,23-25H,2-15,19,22,26H2,1H3,(H,34,35,36). The van der Waals surface area contributed by atoms with Crippen molar-refractivity contribution in [3.8, 4) is 0 Å². The summed E-state index contributed by atoms with van der Waals surface area (Å²) in [5.74, 6) is 0.973. The molecule has 0 spiro atoms. The van der Waals surface area contributed by atoms with Crippen molar-refractivity contribution >= 4 is 21.2 Å². The summed E-state index contributed by atoms with van der Waals surface area (Å²) in [5, 5.41) is 0. The van der Waals surface area contributed by atoms with Gasteiger partial charge in [-0.25, -0.2) is 4.98 Å². The number of aryl methyl sites for hydroxylation is 1. The molecule has 3 aromatic rings. The molecule has 0 atom stereocenters. The molecule has 1 heterocycles. The van der Waals surface area contributed by atoms with Crippen molar-refractivity contribution in [2.24, 2.45) is 0 Å². The van der Waals surface area contributed by atoms with Crippen LogP contribution in [0.15, 0.2) is 53.4 Å². The first-order valence-electron chi connectivity index (χ1n) is 14.5. The fourth-order valence-electron chi connectivity index (χ4n) is 5.10. The normalized spacial score (nSPS) is 11.9. The minimum Gasteiger partial charge on any atom is -0.323 e. The van der Waals surface area contributed by atoms with Crippen molar-refractivity contribution < 1.29 is 13.0 Å². The first kappa shape index (κ1) is 29.4. The van der Waals surface area contributed by atoms with Gasteiger partial charge in [0.05, 0.1) is 15.9 Å². The van der Waals surface area contributed by atoms with Crippen LogP contribution in [0.4, 0.5) is 0 Å². The van der Waals surface area contributed by atoms with Gasteiger partial charge in [-0.15, -0.1) is 0 Å². The first-order chi connectivity index (χ1) is 18.0.